The molecule has 4 N–H and O–H groups in total. The van der Waals surface area contributed by atoms with E-state index in [0.29, 0.717) is 39.2 Å². The van der Waals surface area contributed by atoms with E-state index in [0.717, 1.165) is 17.5 Å². The van der Waals surface area contributed by atoms with Crippen molar-refractivity contribution in [3.63, 3.8) is 0 Å². The third-order valence-corrected chi connectivity index (χ3v) is 8.10. The summed E-state index contributed by atoms with van der Waals surface area (Å²) < 4.78 is 18.2. The second kappa shape index (κ2) is 14.5. The zero-order valence-corrected chi connectivity index (χ0v) is 25.4. The molecule has 1 aliphatic carbocycles. The number of hydrogen-bond acceptors (Lipinski definition) is 8. The number of aryl methyl sites for hydroxylation is 1. The van der Waals surface area contributed by atoms with Crippen molar-refractivity contribution < 1.29 is 39.1 Å². The quantitative estimate of drug-likeness (QED) is 0.266. The highest BCUT2D eigenvalue weighted by Crippen LogP contribution is 2.37. The van der Waals surface area contributed by atoms with Crippen LogP contribution < -0.4 is 14.8 Å². The van der Waals surface area contributed by atoms with E-state index in [1.54, 1.807) is 23.1 Å². The van der Waals surface area contributed by atoms with Crippen LogP contribution >= 0.6 is 22.6 Å². The van der Waals surface area contributed by atoms with Crippen LogP contribution in [0.3, 0.4) is 0 Å². The normalized spacial score (nSPS) is 22.1. The summed E-state index contributed by atoms with van der Waals surface area (Å²) >= 11 is 2.06. The lowest BCUT2D eigenvalue weighted by molar-refractivity contribution is -0.149. The van der Waals surface area contributed by atoms with Crippen LogP contribution in [0.25, 0.3) is 0 Å². The number of halogens is 1. The molecule has 1 saturated heterocycles. The van der Waals surface area contributed by atoms with E-state index in [1.807, 2.05) is 31.2 Å². The number of methoxy groups -OCH3 is 1. The minimum atomic E-state index is -1.20. The number of carbonyl (C=O) groups is 2. The minimum absolute atomic E-state index is 0.0607. The summed E-state index contributed by atoms with van der Waals surface area (Å²) in [5.74, 6) is 0.0443. The number of aliphatic hydroxyl groups excluding tert-OH is 3. The van der Waals surface area contributed by atoms with Gasteiger partial charge in [-0.1, -0.05) is 29.8 Å². The molecule has 0 radical (unpaired) electrons. The maximum absolute atomic E-state index is 13.9. The summed E-state index contributed by atoms with van der Waals surface area (Å²) in [5.41, 5.74) is 2.92. The first-order valence-electron chi connectivity index (χ1n) is 13.6. The van der Waals surface area contributed by atoms with Crippen molar-refractivity contribution in [2.24, 2.45) is 0 Å². The molecule has 0 saturated carbocycles. The molecule has 222 valence electrons. The van der Waals surface area contributed by atoms with Gasteiger partial charge in [0.15, 0.2) is 11.5 Å². The Morgan fingerprint density at radius 2 is 1.93 bits per heavy atom. The summed E-state index contributed by atoms with van der Waals surface area (Å²) in [7, 11) is 1.48. The Morgan fingerprint density at radius 1 is 1.17 bits per heavy atom. The highest BCUT2D eigenvalue weighted by atomic mass is 127. The lowest BCUT2D eigenvalue weighted by Gasteiger charge is -2.41. The van der Waals surface area contributed by atoms with Gasteiger partial charge in [-0.3, -0.25) is 9.59 Å². The minimum Gasteiger partial charge on any atom is -0.493 e. The maximum atomic E-state index is 13.9. The Bertz CT molecular complexity index is 1250. The third kappa shape index (κ3) is 7.58. The summed E-state index contributed by atoms with van der Waals surface area (Å²) in [6.45, 7) is 2.33. The monoisotopic (exact) mass is 680 g/mol. The molecule has 0 spiro atoms. The van der Waals surface area contributed by atoms with Crippen molar-refractivity contribution in [2.75, 3.05) is 26.9 Å². The standard InChI is InChI=1S/C30H37IN2O8/c1-18-5-7-19(8-6-18)16-33(30(38)24-4-3-11-40-24)23-14-21(29(37)32-9-10-34)15-25(27(23)36)41-28-22(31)12-20(17-35)13-26(28)39-2/h5-8,12-13,15,23-25,27,34-36H,3-4,9-11,14,16-17H2,1-2H3,(H,32,37). The van der Waals surface area contributed by atoms with Crippen molar-refractivity contribution in [1.29, 1.82) is 0 Å². The topological polar surface area (TPSA) is 138 Å². The van der Waals surface area contributed by atoms with Crippen LogP contribution in [0, 0.1) is 10.5 Å². The molecule has 1 aliphatic heterocycles. The molecule has 11 heteroatoms. The zero-order chi connectivity index (χ0) is 29.5. The third-order valence-electron chi connectivity index (χ3n) is 7.30. The number of carbonyl (C=O) groups excluding carboxylic acids is 2. The average Bonchev–Trinajstić information content (AvgIpc) is 3.52. The van der Waals surface area contributed by atoms with E-state index in [-0.39, 0.29) is 38.6 Å². The summed E-state index contributed by atoms with van der Waals surface area (Å²) in [6.07, 6.45) is 0.159. The molecule has 0 bridgehead atoms. The molecule has 2 amide bonds. The number of hydrogen-bond donors (Lipinski definition) is 4. The number of amides is 2. The molecule has 1 heterocycles. The summed E-state index contributed by atoms with van der Waals surface area (Å²) in [4.78, 5) is 28.6. The van der Waals surface area contributed by atoms with Crippen molar-refractivity contribution in [2.45, 2.75) is 63.7 Å². The molecule has 2 aromatic carbocycles. The van der Waals surface area contributed by atoms with E-state index in [9.17, 15) is 24.9 Å². The molecule has 10 nitrogen and oxygen atoms in total. The SMILES string of the molecule is COc1cc(CO)cc(I)c1OC1C=C(C(=O)NCCO)CC(N(Cc2ccc(C)cc2)C(=O)C2CCCO2)C1O. The van der Waals surface area contributed by atoms with Gasteiger partial charge in [0.2, 0.25) is 5.91 Å². The fourth-order valence-electron chi connectivity index (χ4n) is 5.10. The van der Waals surface area contributed by atoms with Gasteiger partial charge >= 0.3 is 0 Å². The number of nitrogens with one attached hydrogen (secondary N) is 1. The van der Waals surface area contributed by atoms with Gasteiger partial charge in [0.25, 0.3) is 5.91 Å². The highest BCUT2D eigenvalue weighted by Gasteiger charge is 2.43. The van der Waals surface area contributed by atoms with Gasteiger partial charge in [-0.15, -0.1) is 0 Å². The van der Waals surface area contributed by atoms with Crippen LogP contribution in [0.15, 0.2) is 48.0 Å². The van der Waals surface area contributed by atoms with Gasteiger partial charge in [-0.2, -0.15) is 0 Å². The maximum Gasteiger partial charge on any atom is 0.252 e. The largest absolute Gasteiger partial charge is 0.493 e. The molecule has 4 unspecified atom stereocenters. The van der Waals surface area contributed by atoms with Gasteiger partial charge in [0, 0.05) is 31.7 Å². The zero-order valence-electron chi connectivity index (χ0n) is 23.2. The smallest absolute Gasteiger partial charge is 0.252 e. The Labute approximate surface area is 253 Å². The number of rotatable bonds is 11. The van der Waals surface area contributed by atoms with Crippen molar-refractivity contribution in [3.05, 3.63) is 68.3 Å². The highest BCUT2D eigenvalue weighted by molar-refractivity contribution is 14.1. The molecule has 0 aromatic heterocycles. The van der Waals surface area contributed by atoms with Crippen LogP contribution in [-0.2, 0) is 27.5 Å². The fraction of sp³-hybridized carbons (Fsp3) is 0.467. The Balaban J connectivity index is 1.72. The van der Waals surface area contributed by atoms with E-state index in [4.69, 9.17) is 14.2 Å². The van der Waals surface area contributed by atoms with Gasteiger partial charge < -0.3 is 39.7 Å². The number of aliphatic hydroxyl groups is 3. The van der Waals surface area contributed by atoms with E-state index >= 15 is 0 Å². The van der Waals surface area contributed by atoms with Crippen LogP contribution in [0.1, 0.15) is 36.0 Å². The molecule has 4 rings (SSSR count). The first-order chi connectivity index (χ1) is 19.7. The van der Waals surface area contributed by atoms with E-state index < -0.39 is 30.3 Å². The predicted octanol–water partition coefficient (Wildman–Crippen LogP) is 2.22. The second-order valence-corrected chi connectivity index (χ2v) is 11.4. The first-order valence-corrected chi connectivity index (χ1v) is 14.7. The van der Waals surface area contributed by atoms with Gasteiger partial charge in [0.05, 0.1) is 29.9 Å². The van der Waals surface area contributed by atoms with E-state index in [2.05, 4.69) is 27.9 Å². The molecular weight excluding hydrogens is 643 g/mol. The molecular formula is C30H37IN2O8. The van der Waals surface area contributed by atoms with Gasteiger partial charge in [-0.25, -0.2) is 0 Å². The Kier molecular flexibility index (Phi) is 11.0. The van der Waals surface area contributed by atoms with Gasteiger partial charge in [-0.05, 0) is 71.7 Å². The second-order valence-electron chi connectivity index (χ2n) is 10.2. The lowest BCUT2D eigenvalue weighted by atomic mass is 9.87. The average molecular weight is 681 g/mol. The molecule has 2 aromatic rings. The summed E-state index contributed by atoms with van der Waals surface area (Å²) in [5, 5.41) is 33.3. The Hall–Kier alpha value is -2.71. The van der Waals surface area contributed by atoms with Crippen LogP contribution in [0.2, 0.25) is 0 Å². The van der Waals surface area contributed by atoms with Crippen molar-refractivity contribution in [1.82, 2.24) is 10.2 Å². The van der Waals surface area contributed by atoms with Crippen LogP contribution in [0.5, 0.6) is 11.5 Å². The summed E-state index contributed by atoms with van der Waals surface area (Å²) in [6, 6.07) is 10.4. The molecule has 4 atom stereocenters. The number of benzene rings is 2. The molecule has 1 fully saturated rings. The Morgan fingerprint density at radius 3 is 2.56 bits per heavy atom. The van der Waals surface area contributed by atoms with Crippen molar-refractivity contribution >= 4 is 34.4 Å². The number of ether oxygens (including phenoxy) is 3. The van der Waals surface area contributed by atoms with Crippen molar-refractivity contribution in [3.8, 4) is 11.5 Å². The lowest BCUT2D eigenvalue weighted by Crippen LogP contribution is -2.56. The molecule has 2 aliphatic rings. The predicted molar refractivity (Wildman–Crippen MR) is 159 cm³/mol. The van der Waals surface area contributed by atoms with E-state index in [1.165, 1.54) is 7.11 Å². The first kappa shape index (κ1) is 31.2. The molecule has 41 heavy (non-hydrogen) atoms. The van der Waals surface area contributed by atoms with Gasteiger partial charge in [0.1, 0.15) is 18.3 Å². The van der Waals surface area contributed by atoms with Crippen LogP contribution in [0.4, 0.5) is 0 Å². The number of nitrogens with zero attached hydrogens (tertiary/aromatic N) is 1. The fourth-order valence-corrected chi connectivity index (χ4v) is 5.89. The van der Waals surface area contributed by atoms with Crippen LogP contribution in [-0.4, -0.2) is 83.3 Å².